The number of hydrogen-bond acceptors (Lipinski definition) is 4. The molecule has 102 valence electrons. The van der Waals surface area contributed by atoms with E-state index in [-0.39, 0.29) is 11.8 Å². The molecule has 1 aliphatic carbocycles. The molecule has 1 saturated heterocycles. The van der Waals surface area contributed by atoms with Crippen molar-refractivity contribution >= 4 is 11.6 Å². The standard InChI is InChI=1S/C14H19N3O2/c1-17-7-9-5-10(8-17)13(9)14(18)16-11-3-4-12(19-2)15-6-11/h3-4,6,9-10,13H,5,7-8H2,1-2H3,(H,16,18). The van der Waals surface area contributed by atoms with Crippen LogP contribution in [0.2, 0.25) is 0 Å². The summed E-state index contributed by atoms with van der Waals surface area (Å²) in [5, 5.41) is 2.96. The maximum atomic E-state index is 12.3. The molecule has 3 rings (SSSR count). The highest BCUT2D eigenvalue weighted by Gasteiger charge is 2.49. The van der Waals surface area contributed by atoms with E-state index >= 15 is 0 Å². The van der Waals surface area contributed by atoms with E-state index in [4.69, 9.17) is 4.74 Å². The second-order valence-electron chi connectivity index (χ2n) is 5.58. The van der Waals surface area contributed by atoms with Crippen LogP contribution in [0.3, 0.4) is 0 Å². The van der Waals surface area contributed by atoms with Crippen LogP contribution in [0.15, 0.2) is 18.3 Å². The zero-order valence-electron chi connectivity index (χ0n) is 11.3. The second kappa shape index (κ2) is 4.81. The number of hydrogen-bond donors (Lipinski definition) is 1. The summed E-state index contributed by atoms with van der Waals surface area (Å²) < 4.78 is 5.00. The minimum atomic E-state index is 0.140. The second-order valence-corrected chi connectivity index (χ2v) is 5.58. The smallest absolute Gasteiger partial charge is 0.228 e. The molecule has 1 amide bonds. The molecule has 1 aromatic rings. The predicted octanol–water partition coefficient (Wildman–Crippen LogP) is 1.23. The molecule has 0 spiro atoms. The van der Waals surface area contributed by atoms with Crippen LogP contribution in [-0.2, 0) is 4.79 Å². The van der Waals surface area contributed by atoms with Crippen molar-refractivity contribution in [1.29, 1.82) is 0 Å². The van der Waals surface area contributed by atoms with E-state index in [9.17, 15) is 4.79 Å². The monoisotopic (exact) mass is 261 g/mol. The molecule has 2 fully saturated rings. The van der Waals surface area contributed by atoms with Gasteiger partial charge < -0.3 is 15.0 Å². The Bertz CT molecular complexity index is 462. The van der Waals surface area contributed by atoms with Gasteiger partial charge in [-0.1, -0.05) is 0 Å². The number of carbonyl (C=O) groups excluding carboxylic acids is 1. The SMILES string of the molecule is COc1ccc(NC(=O)C2C3CC2CN(C)C3)cn1. The van der Waals surface area contributed by atoms with Gasteiger partial charge in [0.1, 0.15) is 0 Å². The lowest BCUT2D eigenvalue weighted by Crippen LogP contribution is -2.57. The van der Waals surface area contributed by atoms with Crippen LogP contribution < -0.4 is 10.1 Å². The number of piperidine rings is 2. The van der Waals surface area contributed by atoms with Crippen molar-refractivity contribution in [2.75, 3.05) is 32.6 Å². The van der Waals surface area contributed by atoms with Gasteiger partial charge in [-0.15, -0.1) is 0 Å². The number of rotatable bonds is 3. The molecule has 2 unspecified atom stereocenters. The third-order valence-electron chi connectivity index (χ3n) is 4.23. The van der Waals surface area contributed by atoms with Gasteiger partial charge in [0, 0.05) is 25.1 Å². The molecule has 1 aromatic heterocycles. The molecule has 1 saturated carbocycles. The minimum Gasteiger partial charge on any atom is -0.481 e. The van der Waals surface area contributed by atoms with Crippen LogP contribution >= 0.6 is 0 Å². The van der Waals surface area contributed by atoms with Gasteiger partial charge >= 0.3 is 0 Å². The normalized spacial score (nSPS) is 29.5. The molecule has 2 heterocycles. The molecule has 2 aliphatic rings. The van der Waals surface area contributed by atoms with Crippen molar-refractivity contribution in [3.8, 4) is 5.88 Å². The first-order valence-corrected chi connectivity index (χ1v) is 6.67. The lowest BCUT2D eigenvalue weighted by Gasteiger charge is -2.51. The Balaban J connectivity index is 1.62. The Morgan fingerprint density at radius 2 is 2.16 bits per heavy atom. The summed E-state index contributed by atoms with van der Waals surface area (Å²) in [6.45, 7) is 2.07. The zero-order valence-corrected chi connectivity index (χ0v) is 11.3. The van der Waals surface area contributed by atoms with Crippen molar-refractivity contribution in [1.82, 2.24) is 9.88 Å². The Morgan fingerprint density at radius 3 is 2.74 bits per heavy atom. The van der Waals surface area contributed by atoms with Crippen LogP contribution in [0.1, 0.15) is 6.42 Å². The number of fused-ring (bicyclic) bond motifs is 2. The fraction of sp³-hybridized carbons (Fsp3) is 0.571. The maximum absolute atomic E-state index is 12.3. The number of anilines is 1. The predicted molar refractivity (Wildman–Crippen MR) is 72.0 cm³/mol. The molecule has 0 aromatic carbocycles. The van der Waals surface area contributed by atoms with E-state index in [0.717, 1.165) is 18.8 Å². The first kappa shape index (κ1) is 12.4. The first-order valence-electron chi connectivity index (χ1n) is 6.67. The number of ether oxygens (including phenoxy) is 1. The summed E-state index contributed by atoms with van der Waals surface area (Å²) in [7, 11) is 3.70. The van der Waals surface area contributed by atoms with E-state index < -0.39 is 0 Å². The molecule has 5 nitrogen and oxygen atoms in total. The van der Waals surface area contributed by atoms with Gasteiger partial charge in [0.2, 0.25) is 11.8 Å². The van der Waals surface area contributed by atoms with E-state index in [2.05, 4.69) is 22.2 Å². The molecule has 0 radical (unpaired) electrons. The maximum Gasteiger partial charge on any atom is 0.228 e. The molecule has 19 heavy (non-hydrogen) atoms. The van der Waals surface area contributed by atoms with Crippen LogP contribution in [-0.4, -0.2) is 43.0 Å². The number of methoxy groups -OCH3 is 1. The van der Waals surface area contributed by atoms with Crippen LogP contribution in [0.5, 0.6) is 5.88 Å². The summed E-state index contributed by atoms with van der Waals surface area (Å²) in [4.78, 5) is 18.7. The topological polar surface area (TPSA) is 54.5 Å². The molecular formula is C14H19N3O2. The Morgan fingerprint density at radius 1 is 1.42 bits per heavy atom. The van der Waals surface area contributed by atoms with Crippen molar-refractivity contribution < 1.29 is 9.53 Å². The summed E-state index contributed by atoms with van der Waals surface area (Å²) >= 11 is 0. The van der Waals surface area contributed by atoms with Crippen LogP contribution in [0.4, 0.5) is 5.69 Å². The Hall–Kier alpha value is -1.62. The highest BCUT2D eigenvalue weighted by Crippen LogP contribution is 2.45. The summed E-state index contributed by atoms with van der Waals surface area (Å²) in [5.41, 5.74) is 0.740. The fourth-order valence-electron chi connectivity index (χ4n) is 3.35. The third kappa shape index (κ3) is 2.30. The quantitative estimate of drug-likeness (QED) is 0.889. The van der Waals surface area contributed by atoms with Gasteiger partial charge in [0.15, 0.2) is 0 Å². The number of amides is 1. The van der Waals surface area contributed by atoms with Crippen LogP contribution in [0.25, 0.3) is 0 Å². The number of carbonyl (C=O) groups is 1. The van der Waals surface area contributed by atoms with Crippen molar-refractivity contribution in [3.63, 3.8) is 0 Å². The average molecular weight is 261 g/mol. The van der Waals surface area contributed by atoms with Gasteiger partial charge in [0.05, 0.1) is 19.0 Å². The van der Waals surface area contributed by atoms with Crippen molar-refractivity contribution in [2.45, 2.75) is 6.42 Å². The molecule has 2 atom stereocenters. The van der Waals surface area contributed by atoms with E-state index in [1.165, 1.54) is 6.42 Å². The lowest BCUT2D eigenvalue weighted by molar-refractivity contribution is -0.135. The highest BCUT2D eigenvalue weighted by molar-refractivity contribution is 5.93. The Kier molecular flexibility index (Phi) is 3.14. The van der Waals surface area contributed by atoms with Crippen molar-refractivity contribution in [3.05, 3.63) is 18.3 Å². The van der Waals surface area contributed by atoms with Gasteiger partial charge in [0.25, 0.3) is 0 Å². The van der Waals surface area contributed by atoms with Gasteiger partial charge in [-0.05, 0) is 31.4 Å². The molecule has 5 heteroatoms. The summed E-state index contributed by atoms with van der Waals surface area (Å²) in [6.07, 6.45) is 2.83. The molecule has 1 aliphatic heterocycles. The minimum absolute atomic E-state index is 0.140. The summed E-state index contributed by atoms with van der Waals surface area (Å²) in [5.74, 6) is 1.92. The van der Waals surface area contributed by atoms with Crippen LogP contribution in [0, 0.1) is 17.8 Å². The summed E-state index contributed by atoms with van der Waals surface area (Å²) in [6, 6.07) is 3.58. The highest BCUT2D eigenvalue weighted by atomic mass is 16.5. The molecule has 1 N–H and O–H groups in total. The average Bonchev–Trinajstić information content (AvgIpc) is 2.39. The van der Waals surface area contributed by atoms with E-state index in [1.54, 1.807) is 19.4 Å². The zero-order chi connectivity index (χ0) is 13.4. The molecule has 2 bridgehead atoms. The van der Waals surface area contributed by atoms with Crippen molar-refractivity contribution in [2.24, 2.45) is 17.8 Å². The van der Waals surface area contributed by atoms with Gasteiger partial charge in [-0.2, -0.15) is 0 Å². The largest absolute Gasteiger partial charge is 0.481 e. The van der Waals surface area contributed by atoms with Gasteiger partial charge in [-0.3, -0.25) is 4.79 Å². The van der Waals surface area contributed by atoms with E-state index in [1.807, 2.05) is 6.07 Å². The number of pyridine rings is 1. The number of nitrogens with zero attached hydrogens (tertiary/aromatic N) is 2. The number of aromatic nitrogens is 1. The van der Waals surface area contributed by atoms with Gasteiger partial charge in [-0.25, -0.2) is 4.98 Å². The number of likely N-dealkylation sites (tertiary alicyclic amines) is 1. The Labute approximate surface area is 113 Å². The number of nitrogens with one attached hydrogen (secondary N) is 1. The molecular weight excluding hydrogens is 242 g/mol. The lowest BCUT2D eigenvalue weighted by atomic mass is 9.61. The fourth-order valence-corrected chi connectivity index (χ4v) is 3.35. The third-order valence-corrected chi connectivity index (χ3v) is 4.23. The van der Waals surface area contributed by atoms with E-state index in [0.29, 0.717) is 17.7 Å². The first-order chi connectivity index (χ1) is 9.17.